The Morgan fingerprint density at radius 3 is 2.41 bits per heavy atom. The van der Waals surface area contributed by atoms with Crippen molar-refractivity contribution in [2.75, 3.05) is 32.7 Å². The number of carboxylic acid groups (broad SMARTS) is 2. The Morgan fingerprint density at radius 2 is 1.95 bits per heavy atom. The second kappa shape index (κ2) is 12.0. The second-order valence-corrected chi connectivity index (χ2v) is 5.33. The minimum atomic E-state index is -0.828. The third kappa shape index (κ3) is 8.61. The van der Waals surface area contributed by atoms with E-state index in [1.54, 1.807) is 0 Å². The van der Waals surface area contributed by atoms with Crippen molar-refractivity contribution >= 4 is 18.3 Å². The lowest BCUT2D eigenvalue weighted by Crippen LogP contribution is -2.36. The maximum atomic E-state index is 12.0. The van der Waals surface area contributed by atoms with Gasteiger partial charge in [0.2, 0.25) is 5.91 Å². The summed E-state index contributed by atoms with van der Waals surface area (Å²) in [5.74, 6) is -0.160. The summed E-state index contributed by atoms with van der Waals surface area (Å²) in [5.41, 5.74) is 0. The van der Waals surface area contributed by atoms with E-state index in [0.29, 0.717) is 25.3 Å². The van der Waals surface area contributed by atoms with Gasteiger partial charge in [-0.3, -0.25) is 14.4 Å². The number of amides is 1. The first-order chi connectivity index (χ1) is 10.5. The van der Waals surface area contributed by atoms with Crippen molar-refractivity contribution in [3.8, 4) is 0 Å². The first-order valence-electron chi connectivity index (χ1n) is 7.78. The van der Waals surface area contributed by atoms with Gasteiger partial charge in [-0.15, -0.1) is 0 Å². The number of carboxylic acids is 1. The number of carbonyl (C=O) groups is 3. The molecule has 1 amide bonds. The van der Waals surface area contributed by atoms with E-state index in [4.69, 9.17) is 15.0 Å². The fourth-order valence-electron chi connectivity index (χ4n) is 2.62. The van der Waals surface area contributed by atoms with Crippen LogP contribution in [0.1, 0.15) is 39.5 Å². The fraction of sp³-hybridized carbons (Fsp3) is 0.800. The molecule has 0 saturated carbocycles. The molecule has 2 N–H and O–H groups in total. The van der Waals surface area contributed by atoms with Gasteiger partial charge < -0.3 is 20.0 Å². The zero-order chi connectivity index (χ0) is 17.0. The van der Waals surface area contributed by atoms with Crippen LogP contribution < -0.4 is 0 Å². The lowest BCUT2D eigenvalue weighted by molar-refractivity contribution is -0.137. The van der Waals surface area contributed by atoms with Crippen LogP contribution in [0.5, 0.6) is 0 Å². The van der Waals surface area contributed by atoms with Gasteiger partial charge in [-0.05, 0) is 38.8 Å². The van der Waals surface area contributed by atoms with Crippen molar-refractivity contribution < 1.29 is 24.6 Å². The summed E-state index contributed by atoms with van der Waals surface area (Å²) in [7, 11) is 0. The number of nitrogens with zero attached hydrogens (tertiary/aromatic N) is 2. The molecule has 0 spiro atoms. The smallest absolute Gasteiger partial charge is 0.303 e. The Labute approximate surface area is 131 Å². The predicted molar refractivity (Wildman–Crippen MR) is 82.7 cm³/mol. The molecule has 7 nitrogen and oxygen atoms in total. The van der Waals surface area contributed by atoms with Gasteiger partial charge in [0, 0.05) is 32.5 Å². The first-order valence-corrected chi connectivity index (χ1v) is 7.78. The molecular formula is C15H28N2O5. The lowest BCUT2D eigenvalue weighted by atomic mass is 10.1. The van der Waals surface area contributed by atoms with E-state index in [1.165, 1.54) is 0 Å². The molecule has 1 saturated heterocycles. The van der Waals surface area contributed by atoms with Crippen molar-refractivity contribution in [1.82, 2.24) is 9.80 Å². The molecule has 0 bridgehead atoms. The van der Waals surface area contributed by atoms with E-state index in [-0.39, 0.29) is 18.8 Å². The van der Waals surface area contributed by atoms with Crippen molar-refractivity contribution in [3.05, 3.63) is 0 Å². The molecule has 1 heterocycles. The summed E-state index contributed by atoms with van der Waals surface area (Å²) in [5, 5.41) is 15.5. The van der Waals surface area contributed by atoms with Gasteiger partial charge >= 0.3 is 5.97 Å². The minimum absolute atomic E-state index is 0.0797. The van der Waals surface area contributed by atoms with E-state index >= 15 is 0 Å². The van der Waals surface area contributed by atoms with E-state index < -0.39 is 5.97 Å². The number of aliphatic carboxylic acids is 1. The summed E-state index contributed by atoms with van der Waals surface area (Å²) >= 11 is 0. The quantitative estimate of drug-likeness (QED) is 0.651. The van der Waals surface area contributed by atoms with Gasteiger partial charge in [0.25, 0.3) is 6.47 Å². The summed E-state index contributed by atoms with van der Waals surface area (Å²) < 4.78 is 0. The molecule has 0 radical (unpaired) electrons. The molecular weight excluding hydrogens is 288 g/mol. The highest BCUT2D eigenvalue weighted by Gasteiger charge is 2.24. The summed E-state index contributed by atoms with van der Waals surface area (Å²) in [6.07, 6.45) is 2.03. The molecule has 1 aliphatic heterocycles. The predicted octanol–water partition coefficient (Wildman–Crippen LogP) is 1.13. The van der Waals surface area contributed by atoms with E-state index in [9.17, 15) is 9.59 Å². The highest BCUT2D eigenvalue weighted by Crippen LogP contribution is 2.17. The number of hydrogen-bond donors (Lipinski definition) is 2. The highest BCUT2D eigenvalue weighted by atomic mass is 16.4. The first kappa shape index (κ1) is 20.4. The minimum Gasteiger partial charge on any atom is -0.483 e. The molecule has 0 aliphatic carbocycles. The normalized spacial score (nSPS) is 17.5. The van der Waals surface area contributed by atoms with Crippen LogP contribution in [0.3, 0.4) is 0 Å². The molecule has 128 valence electrons. The van der Waals surface area contributed by atoms with Gasteiger partial charge in [-0.1, -0.05) is 6.92 Å². The Hall–Kier alpha value is -1.63. The Morgan fingerprint density at radius 1 is 1.32 bits per heavy atom. The van der Waals surface area contributed by atoms with E-state index in [1.807, 2.05) is 11.8 Å². The topological polar surface area (TPSA) is 98.2 Å². The summed E-state index contributed by atoms with van der Waals surface area (Å²) in [6, 6.07) is 0. The molecule has 22 heavy (non-hydrogen) atoms. The average Bonchev–Trinajstić information content (AvgIpc) is 2.92. The number of rotatable bonds is 8. The zero-order valence-corrected chi connectivity index (χ0v) is 13.5. The zero-order valence-electron chi connectivity index (χ0n) is 13.5. The van der Waals surface area contributed by atoms with E-state index in [2.05, 4.69) is 11.8 Å². The SMILES string of the molecule is CCN1CCC(CN(CC)C(=O)CCCC(=O)O)C1.O=CO. The van der Waals surface area contributed by atoms with Crippen molar-refractivity contribution in [1.29, 1.82) is 0 Å². The molecule has 1 fully saturated rings. The number of likely N-dealkylation sites (tertiary alicyclic amines) is 1. The van der Waals surface area contributed by atoms with E-state index in [0.717, 1.165) is 32.6 Å². The van der Waals surface area contributed by atoms with Crippen molar-refractivity contribution in [2.45, 2.75) is 39.5 Å². The third-order valence-electron chi connectivity index (χ3n) is 3.81. The maximum Gasteiger partial charge on any atom is 0.303 e. The standard InChI is InChI=1S/C14H26N2O3.CH2O2/c1-3-15-9-8-12(10-15)11-16(4-2)13(17)6-5-7-14(18)19;2-1-3/h12H,3-11H2,1-2H3,(H,18,19);1H,(H,2,3). The number of hydrogen-bond acceptors (Lipinski definition) is 4. The lowest BCUT2D eigenvalue weighted by Gasteiger charge is -2.24. The molecule has 0 aromatic carbocycles. The Balaban J connectivity index is 0.00000135. The van der Waals surface area contributed by atoms with Crippen molar-refractivity contribution in [2.24, 2.45) is 5.92 Å². The van der Waals surface area contributed by atoms with Gasteiger partial charge in [-0.25, -0.2) is 0 Å². The van der Waals surface area contributed by atoms with Gasteiger partial charge in [0.05, 0.1) is 0 Å². The Kier molecular flexibility index (Phi) is 11.1. The summed E-state index contributed by atoms with van der Waals surface area (Å²) in [6.45, 7) is 8.72. The average molecular weight is 316 g/mol. The second-order valence-electron chi connectivity index (χ2n) is 5.33. The van der Waals surface area contributed by atoms with Crippen LogP contribution in [0.15, 0.2) is 0 Å². The van der Waals surface area contributed by atoms with Crippen LogP contribution >= 0.6 is 0 Å². The molecule has 1 unspecified atom stereocenters. The Bertz CT molecular complexity index is 349. The molecule has 7 heteroatoms. The molecule has 0 aromatic heterocycles. The van der Waals surface area contributed by atoms with Crippen LogP contribution in [0.4, 0.5) is 0 Å². The van der Waals surface area contributed by atoms with Crippen LogP contribution in [-0.4, -0.2) is 71.1 Å². The van der Waals surface area contributed by atoms with Gasteiger partial charge in [0.15, 0.2) is 0 Å². The maximum absolute atomic E-state index is 12.0. The van der Waals surface area contributed by atoms with Gasteiger partial charge in [0.1, 0.15) is 0 Å². The van der Waals surface area contributed by atoms with Gasteiger partial charge in [-0.2, -0.15) is 0 Å². The summed E-state index contributed by atoms with van der Waals surface area (Å²) in [4.78, 5) is 35.1. The molecule has 1 aliphatic rings. The molecule has 1 rings (SSSR count). The van der Waals surface area contributed by atoms with Crippen LogP contribution in [0.25, 0.3) is 0 Å². The van der Waals surface area contributed by atoms with Crippen LogP contribution in [0, 0.1) is 5.92 Å². The molecule has 0 aromatic rings. The molecule has 1 atom stereocenters. The largest absolute Gasteiger partial charge is 0.483 e. The van der Waals surface area contributed by atoms with Crippen molar-refractivity contribution in [3.63, 3.8) is 0 Å². The van der Waals surface area contributed by atoms with Crippen LogP contribution in [-0.2, 0) is 14.4 Å². The monoisotopic (exact) mass is 316 g/mol. The third-order valence-corrected chi connectivity index (χ3v) is 3.81. The highest BCUT2D eigenvalue weighted by molar-refractivity contribution is 5.77. The fourth-order valence-corrected chi connectivity index (χ4v) is 2.62. The van der Waals surface area contributed by atoms with Crippen LogP contribution in [0.2, 0.25) is 0 Å². The number of carbonyl (C=O) groups excluding carboxylic acids is 1.